The average molecular weight is 216 g/mol. The third-order valence-corrected chi connectivity index (χ3v) is 3.96. The lowest BCUT2D eigenvalue weighted by molar-refractivity contribution is 0.451. The summed E-state index contributed by atoms with van der Waals surface area (Å²) in [6.45, 7) is 2.31. The van der Waals surface area contributed by atoms with E-state index >= 15 is 0 Å². The number of piperidine rings is 1. The lowest BCUT2D eigenvalue weighted by Crippen LogP contribution is -2.27. The van der Waals surface area contributed by atoms with Gasteiger partial charge in [0.2, 0.25) is 0 Å². The van der Waals surface area contributed by atoms with Crippen LogP contribution in [0.2, 0.25) is 0 Å². The van der Waals surface area contributed by atoms with Crippen LogP contribution in [0, 0.1) is 0 Å². The number of hydrogen-bond donors (Lipinski definition) is 1. The van der Waals surface area contributed by atoms with Gasteiger partial charge in [0.25, 0.3) is 0 Å². The molecule has 0 atom stereocenters. The van der Waals surface area contributed by atoms with Crippen LogP contribution < -0.4 is 5.32 Å². The predicted molar refractivity (Wildman–Crippen MR) is 65.7 cm³/mol. The van der Waals surface area contributed by atoms with E-state index in [4.69, 9.17) is 4.98 Å². The number of aromatic nitrogens is 1. The maximum Gasteiger partial charge on any atom is 0.0439 e. The van der Waals surface area contributed by atoms with Crippen LogP contribution in [0.5, 0.6) is 0 Å². The van der Waals surface area contributed by atoms with Crippen LogP contribution in [0.4, 0.5) is 0 Å². The van der Waals surface area contributed by atoms with Crippen molar-refractivity contribution in [2.75, 3.05) is 13.1 Å². The van der Waals surface area contributed by atoms with Gasteiger partial charge in [-0.25, -0.2) is 0 Å². The molecule has 0 unspecified atom stereocenters. The number of nitrogens with zero attached hydrogens (tertiary/aromatic N) is 1. The van der Waals surface area contributed by atoms with E-state index in [1.54, 1.807) is 0 Å². The van der Waals surface area contributed by atoms with Crippen molar-refractivity contribution >= 4 is 0 Å². The first-order valence-electron chi connectivity index (χ1n) is 6.63. The molecule has 2 heteroatoms. The first kappa shape index (κ1) is 10.3. The molecule has 1 aromatic rings. The van der Waals surface area contributed by atoms with Gasteiger partial charge in [-0.15, -0.1) is 0 Å². The molecule has 0 amide bonds. The van der Waals surface area contributed by atoms with Gasteiger partial charge in [-0.1, -0.05) is 6.07 Å². The van der Waals surface area contributed by atoms with Crippen LogP contribution in [0.3, 0.4) is 0 Å². The summed E-state index contributed by atoms with van der Waals surface area (Å²) < 4.78 is 0. The maximum atomic E-state index is 4.91. The van der Waals surface area contributed by atoms with E-state index in [0.29, 0.717) is 5.92 Å². The Morgan fingerprint density at radius 3 is 2.75 bits per heavy atom. The highest BCUT2D eigenvalue weighted by Crippen LogP contribution is 2.27. The molecular weight excluding hydrogens is 196 g/mol. The van der Waals surface area contributed by atoms with Crippen LogP contribution in [-0.4, -0.2) is 18.1 Å². The molecule has 0 aromatic carbocycles. The average Bonchev–Trinajstić information content (AvgIpc) is 2.39. The number of rotatable bonds is 1. The summed E-state index contributed by atoms with van der Waals surface area (Å²) in [5.74, 6) is 0.702. The van der Waals surface area contributed by atoms with E-state index in [9.17, 15) is 0 Å². The zero-order chi connectivity index (χ0) is 10.8. The normalized spacial score (nSPS) is 21.8. The number of pyridine rings is 1. The van der Waals surface area contributed by atoms with Crippen molar-refractivity contribution in [1.29, 1.82) is 0 Å². The van der Waals surface area contributed by atoms with Crippen molar-refractivity contribution in [3.63, 3.8) is 0 Å². The summed E-state index contributed by atoms with van der Waals surface area (Å²) >= 11 is 0. The fraction of sp³-hybridized carbons (Fsp3) is 0.643. The summed E-state index contributed by atoms with van der Waals surface area (Å²) in [6, 6.07) is 4.61. The van der Waals surface area contributed by atoms with Gasteiger partial charge in [0.15, 0.2) is 0 Å². The lowest BCUT2D eigenvalue weighted by atomic mass is 9.91. The van der Waals surface area contributed by atoms with Crippen LogP contribution in [0.25, 0.3) is 0 Å². The van der Waals surface area contributed by atoms with Crippen molar-refractivity contribution in [2.24, 2.45) is 0 Å². The summed E-state index contributed by atoms with van der Waals surface area (Å²) in [5, 5.41) is 3.42. The maximum absolute atomic E-state index is 4.91. The monoisotopic (exact) mass is 216 g/mol. The highest BCUT2D eigenvalue weighted by molar-refractivity contribution is 5.27. The molecule has 16 heavy (non-hydrogen) atoms. The van der Waals surface area contributed by atoms with Gasteiger partial charge in [-0.3, -0.25) is 4.98 Å². The zero-order valence-electron chi connectivity index (χ0n) is 9.84. The van der Waals surface area contributed by atoms with Crippen LogP contribution in [0.15, 0.2) is 12.1 Å². The molecule has 2 heterocycles. The zero-order valence-corrected chi connectivity index (χ0v) is 9.84. The second-order valence-electron chi connectivity index (χ2n) is 5.07. The smallest absolute Gasteiger partial charge is 0.0439 e. The van der Waals surface area contributed by atoms with Crippen LogP contribution in [-0.2, 0) is 12.8 Å². The largest absolute Gasteiger partial charge is 0.317 e. The van der Waals surface area contributed by atoms with Gasteiger partial charge in [0, 0.05) is 17.3 Å². The van der Waals surface area contributed by atoms with Gasteiger partial charge in [-0.05, 0) is 63.2 Å². The quantitative estimate of drug-likeness (QED) is 0.780. The summed E-state index contributed by atoms with van der Waals surface area (Å²) in [4.78, 5) is 4.91. The van der Waals surface area contributed by atoms with Crippen LogP contribution in [0.1, 0.15) is 48.6 Å². The fourth-order valence-corrected chi connectivity index (χ4v) is 2.94. The third-order valence-electron chi connectivity index (χ3n) is 3.96. The molecule has 1 aromatic heterocycles. The Morgan fingerprint density at radius 2 is 1.88 bits per heavy atom. The Hall–Kier alpha value is -0.890. The number of fused-ring (bicyclic) bond motifs is 1. The highest BCUT2D eigenvalue weighted by Gasteiger charge is 2.18. The highest BCUT2D eigenvalue weighted by atomic mass is 14.9. The van der Waals surface area contributed by atoms with Crippen molar-refractivity contribution in [2.45, 2.75) is 44.4 Å². The van der Waals surface area contributed by atoms with Gasteiger partial charge in [0.05, 0.1) is 0 Å². The molecule has 1 saturated heterocycles. The molecule has 1 aliphatic carbocycles. The molecule has 0 spiro atoms. The van der Waals surface area contributed by atoms with E-state index < -0.39 is 0 Å². The topological polar surface area (TPSA) is 24.9 Å². The Kier molecular flexibility index (Phi) is 2.92. The first-order valence-corrected chi connectivity index (χ1v) is 6.63. The molecule has 0 saturated carbocycles. The molecular formula is C14H20N2. The van der Waals surface area contributed by atoms with E-state index in [-0.39, 0.29) is 0 Å². The van der Waals surface area contributed by atoms with Gasteiger partial charge >= 0.3 is 0 Å². The number of hydrogen-bond acceptors (Lipinski definition) is 2. The summed E-state index contributed by atoms with van der Waals surface area (Å²) in [7, 11) is 0. The summed E-state index contributed by atoms with van der Waals surface area (Å²) in [6.07, 6.45) is 7.64. The molecule has 1 aliphatic heterocycles. The molecule has 0 radical (unpaired) electrons. The van der Waals surface area contributed by atoms with Gasteiger partial charge < -0.3 is 5.32 Å². The summed E-state index contributed by atoms with van der Waals surface area (Å²) in [5.41, 5.74) is 4.24. The van der Waals surface area contributed by atoms with Crippen LogP contribution >= 0.6 is 0 Å². The standard InChI is InChI=1S/C14H20N2/c1-2-4-13-11(3-1)5-6-14(16-13)12-7-9-15-10-8-12/h5-6,12,15H,1-4,7-10H2. The molecule has 0 bridgehead atoms. The third kappa shape index (κ3) is 1.99. The van der Waals surface area contributed by atoms with Crippen molar-refractivity contribution in [3.05, 3.63) is 29.1 Å². The molecule has 2 aliphatic rings. The first-order chi connectivity index (χ1) is 7.93. The Balaban J connectivity index is 1.84. The van der Waals surface area contributed by atoms with E-state index in [1.165, 1.54) is 55.5 Å². The predicted octanol–water partition coefficient (Wildman–Crippen LogP) is 2.43. The lowest BCUT2D eigenvalue weighted by Gasteiger charge is -2.24. The minimum atomic E-state index is 0.702. The van der Waals surface area contributed by atoms with E-state index in [1.807, 2.05) is 0 Å². The molecule has 3 rings (SSSR count). The second kappa shape index (κ2) is 4.54. The van der Waals surface area contributed by atoms with Crippen molar-refractivity contribution in [3.8, 4) is 0 Å². The SMILES string of the molecule is c1cc2c(nc1C1CCNCC1)CCCC2. The molecule has 1 fully saturated rings. The van der Waals surface area contributed by atoms with Crippen molar-refractivity contribution < 1.29 is 0 Å². The molecule has 86 valence electrons. The van der Waals surface area contributed by atoms with E-state index in [2.05, 4.69) is 17.4 Å². The van der Waals surface area contributed by atoms with Gasteiger partial charge in [0.1, 0.15) is 0 Å². The minimum Gasteiger partial charge on any atom is -0.317 e. The second-order valence-corrected chi connectivity index (χ2v) is 5.07. The number of aryl methyl sites for hydroxylation is 2. The Bertz CT molecular complexity index is 367. The Labute approximate surface area is 97.5 Å². The molecule has 2 nitrogen and oxygen atoms in total. The van der Waals surface area contributed by atoms with Crippen molar-refractivity contribution in [1.82, 2.24) is 10.3 Å². The fourth-order valence-electron chi connectivity index (χ4n) is 2.94. The van der Waals surface area contributed by atoms with Gasteiger partial charge in [-0.2, -0.15) is 0 Å². The minimum absolute atomic E-state index is 0.702. The number of nitrogens with one attached hydrogen (secondary N) is 1. The molecule has 1 N–H and O–H groups in total. The Morgan fingerprint density at radius 1 is 1.06 bits per heavy atom. The van der Waals surface area contributed by atoms with E-state index in [0.717, 1.165) is 13.1 Å².